The zero-order valence-electron chi connectivity index (χ0n) is 9.20. The summed E-state index contributed by atoms with van der Waals surface area (Å²) < 4.78 is 0. The van der Waals surface area contributed by atoms with Gasteiger partial charge in [0.2, 0.25) is 0 Å². The molecule has 4 nitrogen and oxygen atoms in total. The van der Waals surface area contributed by atoms with Crippen LogP contribution in [0.25, 0.3) is 0 Å². The molecule has 6 heteroatoms. The molecular formula is C3H10Ca2O4. The van der Waals surface area contributed by atoms with Crippen molar-refractivity contribution in [2.75, 3.05) is 0 Å². The van der Waals surface area contributed by atoms with E-state index in [2.05, 4.69) is 0 Å². The van der Waals surface area contributed by atoms with Crippen molar-refractivity contribution in [2.45, 2.75) is 6.92 Å². The molecule has 0 heterocycles. The smallest absolute Gasteiger partial charge is 1.00 e. The number of carbonyl (C=O) groups is 2. The number of carboxylic acids is 1. The Morgan fingerprint density at radius 1 is 1.56 bits per heavy atom. The molecule has 0 amide bonds. The molecule has 0 aromatic carbocycles. The van der Waals surface area contributed by atoms with Gasteiger partial charge in [-0.25, -0.2) is 0 Å². The number of carboxylic acid groups (broad SMARTS) is 2. The average molecular weight is 190 g/mol. The van der Waals surface area contributed by atoms with Gasteiger partial charge >= 0.3 is 75.5 Å². The van der Waals surface area contributed by atoms with E-state index in [0.717, 1.165) is 6.92 Å². The van der Waals surface area contributed by atoms with Gasteiger partial charge in [0, 0.05) is 6.92 Å². The first-order valence-electron chi connectivity index (χ1n) is 1.42. The summed E-state index contributed by atoms with van der Waals surface area (Å²) in [6.07, 6.45) is 0. The van der Waals surface area contributed by atoms with Gasteiger partial charge in [-0.05, 0) is 0 Å². The summed E-state index contributed by atoms with van der Waals surface area (Å²) in [6.45, 7) is 0.833. The molecule has 0 saturated heterocycles. The maximum Gasteiger partial charge on any atom is 2.00 e. The summed E-state index contributed by atoms with van der Waals surface area (Å²) in [7, 11) is 0. The summed E-state index contributed by atoms with van der Waals surface area (Å²) in [5.74, 6) is -0.833. The Labute approximate surface area is 119 Å². The summed E-state index contributed by atoms with van der Waals surface area (Å²) in [5.41, 5.74) is 0. The van der Waals surface area contributed by atoms with E-state index in [1.165, 1.54) is 0 Å². The Kier molecular flexibility index (Phi) is 56.6. The predicted molar refractivity (Wildman–Crippen MR) is 38.0 cm³/mol. The Hall–Kier alpha value is 1.46. The molecule has 0 unspecified atom stereocenters. The molecule has 0 saturated carbocycles. The molecule has 0 rings (SSSR count). The predicted octanol–water partition coefficient (Wildman–Crippen LogP) is -0.520. The monoisotopic (exact) mass is 190 g/mol. The van der Waals surface area contributed by atoms with Gasteiger partial charge in [0.15, 0.2) is 0 Å². The molecule has 0 aliphatic rings. The first-order valence-corrected chi connectivity index (χ1v) is 1.42. The van der Waals surface area contributed by atoms with Crippen molar-refractivity contribution in [3.05, 3.63) is 0 Å². The molecule has 0 fully saturated rings. The molecule has 0 bridgehead atoms. The number of hydrogen-bond acceptors (Lipinski definition) is 2. The van der Waals surface area contributed by atoms with E-state index in [1.807, 2.05) is 0 Å². The van der Waals surface area contributed by atoms with E-state index in [9.17, 15) is 0 Å². The second-order valence-corrected chi connectivity index (χ2v) is 0.624. The van der Waals surface area contributed by atoms with Crippen LogP contribution in [0, 0.1) is 0 Å². The fourth-order valence-electron chi connectivity index (χ4n) is 0. The van der Waals surface area contributed by atoms with Crippen molar-refractivity contribution in [1.82, 2.24) is 0 Å². The largest absolute Gasteiger partial charge is 2.00 e. The maximum absolute atomic E-state index is 9.00. The molecule has 2 N–H and O–H groups in total. The van der Waals surface area contributed by atoms with Crippen molar-refractivity contribution in [3.8, 4) is 0 Å². The van der Waals surface area contributed by atoms with Crippen LogP contribution in [-0.4, -0.2) is 98.1 Å². The molecule has 0 aliphatic heterocycles. The molecule has 0 atom stereocenters. The first-order chi connectivity index (χ1) is 3.15. The quantitative estimate of drug-likeness (QED) is 0.398. The Morgan fingerprint density at radius 2 is 1.56 bits per heavy atom. The van der Waals surface area contributed by atoms with Crippen molar-refractivity contribution in [2.24, 2.45) is 0 Å². The SMILES string of the molecule is CC(=O)O.O=CO.[Ca+2].[Ca+2].[H-].[H-].[H-].[H-]. The van der Waals surface area contributed by atoms with Gasteiger partial charge in [0.1, 0.15) is 0 Å². The second kappa shape index (κ2) is 22.7. The van der Waals surface area contributed by atoms with Crippen LogP contribution in [-0.2, 0) is 9.59 Å². The van der Waals surface area contributed by atoms with E-state index < -0.39 is 5.97 Å². The molecule has 9 heavy (non-hydrogen) atoms. The van der Waals surface area contributed by atoms with Crippen molar-refractivity contribution in [1.29, 1.82) is 0 Å². The zero-order valence-corrected chi connectivity index (χ0v) is 9.62. The maximum atomic E-state index is 9.00. The average Bonchev–Trinajstić information content (AvgIpc) is 1.33. The van der Waals surface area contributed by atoms with Crippen LogP contribution in [0.1, 0.15) is 12.6 Å². The van der Waals surface area contributed by atoms with E-state index in [0.29, 0.717) is 0 Å². The van der Waals surface area contributed by atoms with Gasteiger partial charge in [0.05, 0.1) is 0 Å². The Morgan fingerprint density at radius 3 is 1.56 bits per heavy atom. The van der Waals surface area contributed by atoms with Crippen LogP contribution in [0.3, 0.4) is 0 Å². The minimum atomic E-state index is -0.833. The van der Waals surface area contributed by atoms with Crippen LogP contribution >= 0.6 is 0 Å². The Bertz CT molecular complexity index is 72.4. The minimum Gasteiger partial charge on any atom is -1.00 e. The van der Waals surface area contributed by atoms with E-state index in [1.54, 1.807) is 0 Å². The molecule has 0 radical (unpaired) electrons. The van der Waals surface area contributed by atoms with Crippen LogP contribution in [0.15, 0.2) is 0 Å². The zero-order chi connectivity index (χ0) is 6.28. The van der Waals surface area contributed by atoms with Crippen LogP contribution < -0.4 is 0 Å². The summed E-state index contributed by atoms with van der Waals surface area (Å²) in [6, 6.07) is 0. The molecule has 50 valence electrons. The number of aliphatic carboxylic acids is 1. The fourth-order valence-corrected chi connectivity index (χ4v) is 0. The fraction of sp³-hybridized carbons (Fsp3) is 0.333. The Balaban J connectivity index is -0.00000000444. The molecular weight excluding hydrogens is 180 g/mol. The van der Waals surface area contributed by atoms with Gasteiger partial charge in [-0.3, -0.25) is 9.59 Å². The summed E-state index contributed by atoms with van der Waals surface area (Å²) in [5, 5.41) is 14.3. The summed E-state index contributed by atoms with van der Waals surface area (Å²) in [4.78, 5) is 17.4. The van der Waals surface area contributed by atoms with E-state index >= 15 is 0 Å². The second-order valence-electron chi connectivity index (χ2n) is 0.624. The van der Waals surface area contributed by atoms with Crippen molar-refractivity contribution < 1.29 is 25.5 Å². The number of hydrogen-bond donors (Lipinski definition) is 2. The van der Waals surface area contributed by atoms with Crippen molar-refractivity contribution >= 4 is 87.9 Å². The van der Waals surface area contributed by atoms with Gasteiger partial charge in [-0.2, -0.15) is 0 Å². The van der Waals surface area contributed by atoms with E-state index in [-0.39, 0.29) is 87.7 Å². The topological polar surface area (TPSA) is 74.6 Å². The third kappa shape index (κ3) is 247. The first kappa shape index (κ1) is 22.4. The van der Waals surface area contributed by atoms with Gasteiger partial charge in [-0.15, -0.1) is 0 Å². The number of rotatable bonds is 0. The third-order valence-corrected chi connectivity index (χ3v) is 0. The minimum absolute atomic E-state index is 0. The van der Waals surface area contributed by atoms with Crippen molar-refractivity contribution in [3.63, 3.8) is 0 Å². The van der Waals surface area contributed by atoms with Gasteiger partial charge in [-0.1, -0.05) is 0 Å². The third-order valence-electron chi connectivity index (χ3n) is 0. The van der Waals surface area contributed by atoms with Crippen LogP contribution in [0.5, 0.6) is 0 Å². The van der Waals surface area contributed by atoms with Crippen LogP contribution in [0.2, 0.25) is 0 Å². The van der Waals surface area contributed by atoms with Gasteiger partial charge in [0.25, 0.3) is 12.4 Å². The van der Waals surface area contributed by atoms with Crippen LogP contribution in [0.4, 0.5) is 0 Å². The molecule has 0 aliphatic carbocycles. The molecule has 0 spiro atoms. The molecule has 0 aromatic heterocycles. The standard InChI is InChI=1S/C2H4O2.CH2O2.2Ca.4H/c1-2(3)4;2-1-3;;;;;;/h1H3,(H,3,4);1H,(H,2,3);;;;;;/q;;2*+2;4*-1. The normalized spacial score (nSPS) is 4.11. The van der Waals surface area contributed by atoms with E-state index in [4.69, 9.17) is 19.8 Å². The summed E-state index contributed by atoms with van der Waals surface area (Å²) >= 11 is 0. The van der Waals surface area contributed by atoms with Gasteiger partial charge < -0.3 is 15.9 Å². The molecule has 0 aromatic rings.